The van der Waals surface area contributed by atoms with Crippen molar-refractivity contribution < 1.29 is 12.1 Å². The topological polar surface area (TPSA) is 97.0 Å². The molecule has 0 aliphatic rings. The van der Waals surface area contributed by atoms with Gasteiger partial charge in [0.05, 0.1) is 17.6 Å². The minimum Gasteiger partial charge on any atom is -0.402 e. The number of hydrogen-bond acceptors (Lipinski definition) is 7. The fourth-order valence-corrected chi connectivity index (χ4v) is 3.00. The second-order valence-corrected chi connectivity index (χ2v) is 7.22. The summed E-state index contributed by atoms with van der Waals surface area (Å²) in [6, 6.07) is 17.5. The molecule has 0 aliphatic carbocycles. The van der Waals surface area contributed by atoms with Gasteiger partial charge in [-0.25, -0.2) is 4.98 Å². The first kappa shape index (κ1) is 20.2. The van der Waals surface area contributed by atoms with Gasteiger partial charge in [-0.2, -0.15) is 0 Å². The summed E-state index contributed by atoms with van der Waals surface area (Å²) in [4.78, 5) is 22.7. The predicted octanol–water partition coefficient (Wildman–Crippen LogP) is 4.31. The molecule has 0 saturated carbocycles. The molecule has 0 atom stereocenters. The van der Waals surface area contributed by atoms with E-state index in [4.69, 9.17) is 4.42 Å². The van der Waals surface area contributed by atoms with Crippen molar-refractivity contribution in [2.24, 2.45) is 0 Å². The van der Waals surface area contributed by atoms with Crippen LogP contribution in [0.25, 0.3) is 22.8 Å². The van der Waals surface area contributed by atoms with Crippen LogP contribution in [0.3, 0.4) is 0 Å². The van der Waals surface area contributed by atoms with Crippen LogP contribution in [-0.2, 0) is 6.54 Å². The largest absolute Gasteiger partial charge is 0.402 e. The highest BCUT2D eigenvalue weighted by Gasteiger charge is 2.16. The highest BCUT2D eigenvalue weighted by Crippen LogP contribution is 2.25. The molecule has 2 aromatic carbocycles. The van der Waals surface area contributed by atoms with Gasteiger partial charge in [0, 0.05) is 34.6 Å². The number of benzene rings is 2. The van der Waals surface area contributed by atoms with Gasteiger partial charge in [0.25, 0.3) is 11.8 Å². The fourth-order valence-electron chi connectivity index (χ4n) is 3.00. The standard InChI is InChI=1S/C23H22N6O2.2H2/c1-15-20(21-27-28-23(31-21)25-13-16-7-5-4-6-8-16)26-19(14-24-15)17-9-11-18(12-10-17)22(30)29(2)3;;/h4-12,14H,13H2,1-3H3,(H,25,28);2*1H. The van der Waals surface area contributed by atoms with Gasteiger partial charge in [-0.1, -0.05) is 47.6 Å². The summed E-state index contributed by atoms with van der Waals surface area (Å²) < 4.78 is 5.75. The maximum absolute atomic E-state index is 12.1. The second kappa shape index (κ2) is 8.74. The highest BCUT2D eigenvalue weighted by atomic mass is 16.4. The Morgan fingerprint density at radius 3 is 2.52 bits per heavy atom. The lowest BCUT2D eigenvalue weighted by molar-refractivity contribution is 0.0827. The van der Waals surface area contributed by atoms with Gasteiger partial charge in [-0.15, -0.1) is 5.10 Å². The van der Waals surface area contributed by atoms with E-state index in [-0.39, 0.29) is 8.76 Å². The normalized spacial score (nSPS) is 10.7. The van der Waals surface area contributed by atoms with E-state index in [2.05, 4.69) is 25.5 Å². The monoisotopic (exact) mass is 418 g/mol. The fraction of sp³-hybridized carbons (Fsp3) is 0.174. The third-order valence-corrected chi connectivity index (χ3v) is 4.70. The Hall–Kier alpha value is -4.07. The van der Waals surface area contributed by atoms with Crippen molar-refractivity contribution in [1.29, 1.82) is 0 Å². The van der Waals surface area contributed by atoms with Crippen LogP contribution < -0.4 is 5.32 Å². The van der Waals surface area contributed by atoms with Crippen LogP contribution in [0.15, 0.2) is 65.2 Å². The number of carbonyl (C=O) groups excluding carboxylic acids is 1. The Labute approximate surface area is 183 Å². The van der Waals surface area contributed by atoms with Crippen LogP contribution in [0.5, 0.6) is 0 Å². The Morgan fingerprint density at radius 2 is 1.81 bits per heavy atom. The maximum atomic E-state index is 12.1. The van der Waals surface area contributed by atoms with Crippen LogP contribution in [0, 0.1) is 6.92 Å². The summed E-state index contributed by atoms with van der Waals surface area (Å²) in [5, 5.41) is 11.3. The molecular weight excluding hydrogens is 392 g/mol. The molecule has 4 rings (SSSR count). The molecule has 0 fully saturated rings. The van der Waals surface area contributed by atoms with E-state index in [1.165, 1.54) is 4.90 Å². The number of amides is 1. The molecule has 1 N–H and O–H groups in total. The van der Waals surface area contributed by atoms with Gasteiger partial charge in [-0.3, -0.25) is 9.78 Å². The third-order valence-electron chi connectivity index (χ3n) is 4.70. The predicted molar refractivity (Wildman–Crippen MR) is 122 cm³/mol. The number of nitrogens with one attached hydrogen (secondary N) is 1. The first-order valence-electron chi connectivity index (χ1n) is 9.78. The lowest BCUT2D eigenvalue weighted by atomic mass is 10.1. The van der Waals surface area contributed by atoms with E-state index >= 15 is 0 Å². The van der Waals surface area contributed by atoms with Crippen molar-refractivity contribution in [3.05, 3.63) is 77.6 Å². The van der Waals surface area contributed by atoms with Crippen molar-refractivity contribution >= 4 is 11.9 Å². The first-order valence-corrected chi connectivity index (χ1v) is 9.78. The zero-order valence-corrected chi connectivity index (χ0v) is 17.5. The molecular formula is C23H26N6O2. The molecule has 0 unspecified atom stereocenters. The van der Waals surface area contributed by atoms with Crippen molar-refractivity contribution in [3.8, 4) is 22.8 Å². The zero-order valence-electron chi connectivity index (χ0n) is 17.5. The molecule has 0 aliphatic heterocycles. The summed E-state index contributed by atoms with van der Waals surface area (Å²) in [6.45, 7) is 2.41. The van der Waals surface area contributed by atoms with Gasteiger partial charge in [-0.05, 0) is 24.6 Å². The summed E-state index contributed by atoms with van der Waals surface area (Å²) >= 11 is 0. The molecule has 8 nitrogen and oxygen atoms in total. The number of anilines is 1. The van der Waals surface area contributed by atoms with Crippen LogP contribution in [0.4, 0.5) is 6.01 Å². The number of carbonyl (C=O) groups is 1. The highest BCUT2D eigenvalue weighted by molar-refractivity contribution is 5.94. The summed E-state index contributed by atoms with van der Waals surface area (Å²) in [6.07, 6.45) is 1.69. The number of aryl methyl sites for hydroxylation is 1. The van der Waals surface area contributed by atoms with Crippen LogP contribution in [0.1, 0.15) is 24.5 Å². The molecule has 1 amide bonds. The van der Waals surface area contributed by atoms with Crippen LogP contribution in [-0.4, -0.2) is 45.1 Å². The number of hydrogen-bond donors (Lipinski definition) is 1. The molecule has 2 aromatic heterocycles. The van der Waals surface area contributed by atoms with Crippen molar-refractivity contribution in [2.75, 3.05) is 19.4 Å². The minimum absolute atomic E-state index is 0. The molecule has 8 heteroatoms. The van der Waals surface area contributed by atoms with Gasteiger partial charge in [0.1, 0.15) is 5.69 Å². The Kier molecular flexibility index (Phi) is 5.70. The summed E-state index contributed by atoms with van der Waals surface area (Å²) in [7, 11) is 3.45. The van der Waals surface area contributed by atoms with E-state index in [0.717, 1.165) is 11.1 Å². The van der Waals surface area contributed by atoms with E-state index in [1.54, 1.807) is 32.4 Å². The van der Waals surface area contributed by atoms with Crippen LogP contribution >= 0.6 is 0 Å². The van der Waals surface area contributed by atoms with Gasteiger partial charge >= 0.3 is 6.01 Å². The molecule has 2 heterocycles. The van der Waals surface area contributed by atoms with Gasteiger partial charge < -0.3 is 14.6 Å². The maximum Gasteiger partial charge on any atom is 0.316 e. The molecule has 31 heavy (non-hydrogen) atoms. The van der Waals surface area contributed by atoms with Gasteiger partial charge in [0.2, 0.25) is 0 Å². The second-order valence-electron chi connectivity index (χ2n) is 7.22. The number of nitrogens with zero attached hydrogens (tertiary/aromatic N) is 5. The SMILES string of the molecule is Cc1ncc(-c2ccc(C(=O)N(C)C)cc2)nc1-c1nnc(NCc2ccccc2)o1.[HH].[HH]. The average molecular weight is 419 g/mol. The smallest absolute Gasteiger partial charge is 0.316 e. The Balaban J connectivity index is 0.00000193. The van der Waals surface area contributed by atoms with Crippen molar-refractivity contribution in [3.63, 3.8) is 0 Å². The molecule has 0 saturated heterocycles. The van der Waals surface area contributed by atoms with E-state index in [1.807, 2.05) is 49.4 Å². The molecule has 0 bridgehead atoms. The summed E-state index contributed by atoms with van der Waals surface area (Å²) in [5.41, 5.74) is 4.41. The van der Waals surface area contributed by atoms with Crippen LogP contribution in [0.2, 0.25) is 0 Å². The quantitative estimate of drug-likeness (QED) is 0.498. The third kappa shape index (κ3) is 4.58. The molecule has 160 valence electrons. The van der Waals surface area contributed by atoms with Gasteiger partial charge in [0.15, 0.2) is 0 Å². The molecule has 0 spiro atoms. The first-order chi connectivity index (χ1) is 15.0. The lowest BCUT2D eigenvalue weighted by Crippen LogP contribution is -2.21. The Morgan fingerprint density at radius 1 is 1.06 bits per heavy atom. The van der Waals surface area contributed by atoms with Crippen molar-refractivity contribution in [2.45, 2.75) is 13.5 Å². The minimum atomic E-state index is -0.0522. The molecule has 4 aromatic rings. The summed E-state index contributed by atoms with van der Waals surface area (Å²) in [5.74, 6) is 0.241. The van der Waals surface area contributed by atoms with E-state index in [0.29, 0.717) is 41.1 Å². The number of aromatic nitrogens is 4. The average Bonchev–Trinajstić information content (AvgIpc) is 3.27. The molecule has 0 radical (unpaired) electrons. The Bertz CT molecular complexity index is 1200. The van der Waals surface area contributed by atoms with E-state index < -0.39 is 0 Å². The number of rotatable bonds is 6. The van der Waals surface area contributed by atoms with Crippen molar-refractivity contribution in [1.82, 2.24) is 25.1 Å². The van der Waals surface area contributed by atoms with E-state index in [9.17, 15) is 4.79 Å². The lowest BCUT2D eigenvalue weighted by Gasteiger charge is -2.10. The zero-order chi connectivity index (χ0) is 21.8.